The van der Waals surface area contributed by atoms with E-state index in [9.17, 15) is 32.7 Å². The molecule has 1 N–H and O–H groups in total. The molecule has 0 aliphatic carbocycles. The summed E-state index contributed by atoms with van der Waals surface area (Å²) in [6.45, 7) is 5.72. The van der Waals surface area contributed by atoms with Crippen LogP contribution in [-0.4, -0.2) is 62.1 Å². The van der Waals surface area contributed by atoms with Crippen LogP contribution in [0, 0.1) is 5.92 Å². The average molecular weight is 518 g/mol. The molecule has 0 spiro atoms. The molecule has 0 aromatic heterocycles. The summed E-state index contributed by atoms with van der Waals surface area (Å²) in [5.41, 5.74) is 0.873. The highest BCUT2D eigenvalue weighted by Gasteiger charge is 2.51. The summed E-state index contributed by atoms with van der Waals surface area (Å²) in [6.07, 6.45) is -7.04. The van der Waals surface area contributed by atoms with Crippen LogP contribution in [0.4, 0.5) is 13.2 Å². The third-order valence-corrected chi connectivity index (χ3v) is 6.16. The van der Waals surface area contributed by atoms with Gasteiger partial charge in [-0.25, -0.2) is 10.0 Å². The van der Waals surface area contributed by atoms with E-state index < -0.39 is 48.0 Å². The molecule has 3 amide bonds. The zero-order valence-electron chi connectivity index (χ0n) is 21.0. The second-order valence-electron chi connectivity index (χ2n) is 9.25. The van der Waals surface area contributed by atoms with E-state index in [0.717, 1.165) is 11.9 Å². The van der Waals surface area contributed by atoms with Gasteiger partial charge in [-0.2, -0.15) is 13.2 Å². The Hall–Kier alpha value is -3.66. The van der Waals surface area contributed by atoms with E-state index in [2.05, 4.69) is 0 Å². The number of rotatable bonds is 7. The number of hydrogen-bond acceptors (Lipinski definition) is 4. The molecule has 3 unspecified atom stereocenters. The summed E-state index contributed by atoms with van der Waals surface area (Å²) < 4.78 is 41.8. The van der Waals surface area contributed by atoms with Crippen LogP contribution in [-0.2, 0) is 20.8 Å². The average Bonchev–Trinajstić information content (AvgIpc) is 2.83. The van der Waals surface area contributed by atoms with Gasteiger partial charge >= 0.3 is 6.18 Å². The smallest absolute Gasteiger partial charge is 0.382 e. The number of halogens is 3. The second-order valence-corrected chi connectivity index (χ2v) is 9.25. The number of amides is 3. The minimum atomic E-state index is -5.08. The van der Waals surface area contributed by atoms with Gasteiger partial charge in [0.1, 0.15) is 6.04 Å². The maximum Gasteiger partial charge on any atom is 0.416 e. The van der Waals surface area contributed by atoms with E-state index in [1.165, 1.54) is 18.0 Å². The summed E-state index contributed by atoms with van der Waals surface area (Å²) in [4.78, 5) is 40.8. The molecule has 2 aromatic rings. The first-order chi connectivity index (χ1) is 17.3. The molecule has 1 aliphatic heterocycles. The number of hydrogen-bond donors (Lipinski definition) is 1. The Morgan fingerprint density at radius 3 is 2.00 bits per heavy atom. The summed E-state index contributed by atoms with van der Waals surface area (Å²) in [5, 5.41) is 12.0. The molecule has 10 heteroatoms. The van der Waals surface area contributed by atoms with Crippen molar-refractivity contribution < 1.29 is 32.7 Å². The minimum Gasteiger partial charge on any atom is -0.382 e. The van der Waals surface area contributed by atoms with Gasteiger partial charge in [0.2, 0.25) is 11.8 Å². The number of benzene rings is 2. The molecule has 7 nitrogen and oxygen atoms in total. The first kappa shape index (κ1) is 27.9. The Morgan fingerprint density at radius 1 is 1.00 bits per heavy atom. The van der Waals surface area contributed by atoms with Crippen LogP contribution in [0.5, 0.6) is 0 Å². The topological polar surface area (TPSA) is 81.2 Å². The maximum atomic E-state index is 14.0. The van der Waals surface area contributed by atoms with Gasteiger partial charge in [-0.3, -0.25) is 14.4 Å². The molecule has 3 rings (SSSR count). The summed E-state index contributed by atoms with van der Waals surface area (Å²) in [7, 11) is 0. The molecule has 0 saturated heterocycles. The van der Waals surface area contributed by atoms with E-state index in [1.54, 1.807) is 74.5 Å². The molecule has 198 valence electrons. The van der Waals surface area contributed by atoms with Gasteiger partial charge in [0.15, 0.2) is 6.10 Å². The van der Waals surface area contributed by atoms with Gasteiger partial charge < -0.3 is 10.0 Å². The maximum absolute atomic E-state index is 14.0. The third-order valence-electron chi connectivity index (χ3n) is 6.16. The van der Waals surface area contributed by atoms with E-state index in [0.29, 0.717) is 16.1 Å². The Balaban J connectivity index is 2.26. The lowest BCUT2D eigenvalue weighted by Crippen LogP contribution is -2.65. The molecule has 0 fully saturated rings. The van der Waals surface area contributed by atoms with Gasteiger partial charge in [-0.1, -0.05) is 74.5 Å². The molecule has 1 heterocycles. The van der Waals surface area contributed by atoms with Crippen LogP contribution < -0.4 is 0 Å². The first-order valence-corrected chi connectivity index (χ1v) is 11.8. The highest BCUT2D eigenvalue weighted by molar-refractivity contribution is 5.98. The molecule has 3 atom stereocenters. The minimum absolute atomic E-state index is 0.0420. The van der Waals surface area contributed by atoms with E-state index >= 15 is 0 Å². The predicted molar refractivity (Wildman–Crippen MR) is 131 cm³/mol. The molecule has 2 aromatic carbocycles. The molecular weight excluding hydrogens is 487 g/mol. The molecule has 37 heavy (non-hydrogen) atoms. The van der Waals surface area contributed by atoms with Crippen LogP contribution >= 0.6 is 0 Å². The fraction of sp³-hybridized carbons (Fsp3) is 0.370. The lowest BCUT2D eigenvalue weighted by molar-refractivity contribution is -0.232. The zero-order chi connectivity index (χ0) is 27.5. The third kappa shape index (κ3) is 6.02. The number of aliphatic hydroxyl groups excluding tert-OH is 1. The number of nitrogens with zero attached hydrogens (tertiary/aromatic N) is 3. The van der Waals surface area contributed by atoms with Crippen molar-refractivity contribution in [2.45, 2.75) is 58.5 Å². The van der Waals surface area contributed by atoms with E-state index in [1.807, 2.05) is 0 Å². The first-order valence-electron chi connectivity index (χ1n) is 11.8. The predicted octanol–water partition coefficient (Wildman–Crippen LogP) is 4.00. The van der Waals surface area contributed by atoms with Gasteiger partial charge in [-0.15, -0.1) is 0 Å². The number of aliphatic hydroxyl groups is 1. The number of hydrazine groups is 1. The number of carbonyl (C=O) groups is 3. The van der Waals surface area contributed by atoms with Crippen LogP contribution in [0.1, 0.15) is 38.8 Å². The Kier molecular flexibility index (Phi) is 8.42. The van der Waals surface area contributed by atoms with Gasteiger partial charge in [0.05, 0.1) is 11.7 Å². The van der Waals surface area contributed by atoms with Crippen molar-refractivity contribution >= 4 is 23.4 Å². The van der Waals surface area contributed by atoms with Crippen molar-refractivity contribution in [2.24, 2.45) is 5.92 Å². The SMILES string of the molecule is CC(=O)N1C=C(c2ccccc2)N(N(C(C)=O)C(Cc2ccccc2)C(O)C(F)(F)F)C(=O)C1C(C)C. The molecule has 0 saturated carbocycles. The van der Waals surface area contributed by atoms with Gasteiger partial charge in [0.25, 0.3) is 5.91 Å². The molecule has 0 bridgehead atoms. The summed E-state index contributed by atoms with van der Waals surface area (Å²) >= 11 is 0. The second kappa shape index (κ2) is 11.2. The van der Waals surface area contributed by atoms with Crippen LogP contribution in [0.2, 0.25) is 0 Å². The van der Waals surface area contributed by atoms with Crippen molar-refractivity contribution in [1.29, 1.82) is 0 Å². The van der Waals surface area contributed by atoms with Crippen molar-refractivity contribution in [1.82, 2.24) is 14.9 Å². The Labute approximate surface area is 213 Å². The summed E-state index contributed by atoms with van der Waals surface area (Å²) in [5.74, 6) is -2.50. The van der Waals surface area contributed by atoms with Gasteiger partial charge in [0, 0.05) is 25.6 Å². The fourth-order valence-electron chi connectivity index (χ4n) is 4.48. The van der Waals surface area contributed by atoms with E-state index in [-0.39, 0.29) is 12.1 Å². The quantitative estimate of drug-likeness (QED) is 0.602. The fourth-order valence-corrected chi connectivity index (χ4v) is 4.48. The lowest BCUT2D eigenvalue weighted by Gasteiger charge is -2.48. The van der Waals surface area contributed by atoms with E-state index in [4.69, 9.17) is 0 Å². The zero-order valence-corrected chi connectivity index (χ0v) is 21.0. The van der Waals surface area contributed by atoms with Crippen molar-refractivity contribution in [2.75, 3.05) is 0 Å². The van der Waals surface area contributed by atoms with Crippen molar-refractivity contribution in [3.8, 4) is 0 Å². The molecular formula is C27H30F3N3O4. The Morgan fingerprint density at radius 2 is 1.54 bits per heavy atom. The molecule has 0 radical (unpaired) electrons. The number of alkyl halides is 3. The van der Waals surface area contributed by atoms with Crippen LogP contribution in [0.15, 0.2) is 66.9 Å². The van der Waals surface area contributed by atoms with Crippen molar-refractivity contribution in [3.63, 3.8) is 0 Å². The molecule has 1 aliphatic rings. The van der Waals surface area contributed by atoms with Crippen molar-refractivity contribution in [3.05, 3.63) is 78.0 Å². The monoisotopic (exact) mass is 517 g/mol. The normalized spacial score (nSPS) is 17.9. The summed E-state index contributed by atoms with van der Waals surface area (Å²) in [6, 6.07) is 13.4. The standard InChI is InChI=1S/C27H30F3N3O4/c1-17(2)24-26(37)33(23(16-31(24)18(3)34)21-13-9-6-10-14-21)32(19(4)35)22(25(36)27(28,29)30)15-20-11-7-5-8-12-20/h5-14,16-17,22,24-25,36H,15H2,1-4H3. The van der Waals surface area contributed by atoms with Crippen LogP contribution in [0.3, 0.4) is 0 Å². The van der Waals surface area contributed by atoms with Gasteiger partial charge in [-0.05, 0) is 17.9 Å². The Bertz CT molecular complexity index is 1150. The lowest BCUT2D eigenvalue weighted by atomic mass is 9.96. The largest absolute Gasteiger partial charge is 0.416 e. The highest BCUT2D eigenvalue weighted by atomic mass is 19.4. The highest BCUT2D eigenvalue weighted by Crippen LogP contribution is 2.35. The van der Waals surface area contributed by atoms with Crippen LogP contribution in [0.25, 0.3) is 5.70 Å². The number of carbonyl (C=O) groups excluding carboxylic acids is 3.